The molecule has 0 radical (unpaired) electrons. The summed E-state index contributed by atoms with van der Waals surface area (Å²) in [5, 5.41) is 6.15. The molecule has 0 bridgehead atoms. The first-order chi connectivity index (χ1) is 20.6. The van der Waals surface area contributed by atoms with Gasteiger partial charge < -0.3 is 15.4 Å². The summed E-state index contributed by atoms with van der Waals surface area (Å²) in [6.07, 6.45) is 6.19. The number of halogens is 1. The molecule has 2 amide bonds. The van der Waals surface area contributed by atoms with Gasteiger partial charge in [0, 0.05) is 54.4 Å². The number of pyridine rings is 2. The third kappa shape index (κ3) is 6.62. The normalized spacial score (nSPS) is 18.0. The van der Waals surface area contributed by atoms with Crippen LogP contribution in [0.2, 0.25) is 0 Å². The summed E-state index contributed by atoms with van der Waals surface area (Å²) >= 11 is 1.76. The number of benzene rings is 1. The summed E-state index contributed by atoms with van der Waals surface area (Å²) in [6.45, 7) is 7.98. The molecule has 1 aromatic carbocycles. The largest absolute Gasteiger partial charge is 0.444 e. The van der Waals surface area contributed by atoms with Crippen LogP contribution in [0.25, 0.3) is 11.1 Å². The fourth-order valence-electron chi connectivity index (χ4n) is 5.67. The Morgan fingerprint density at radius 3 is 2.47 bits per heavy atom. The van der Waals surface area contributed by atoms with Gasteiger partial charge in [0.15, 0.2) is 0 Å². The van der Waals surface area contributed by atoms with Gasteiger partial charge in [-0.05, 0) is 94.3 Å². The summed E-state index contributed by atoms with van der Waals surface area (Å²) in [7, 11) is 0. The number of anilines is 2. The average Bonchev–Trinajstić information content (AvgIpc) is 3.75. The van der Waals surface area contributed by atoms with Gasteiger partial charge >= 0.3 is 6.09 Å². The van der Waals surface area contributed by atoms with Gasteiger partial charge in [-0.25, -0.2) is 23.5 Å². The number of hydrogen-bond donors (Lipinski definition) is 2. The van der Waals surface area contributed by atoms with Gasteiger partial charge in [-0.15, -0.1) is 0 Å². The molecule has 1 saturated heterocycles. The molecule has 6 rings (SSSR count). The van der Waals surface area contributed by atoms with E-state index in [2.05, 4.69) is 50.3 Å². The maximum absolute atomic E-state index is 13.4. The molecule has 2 aliphatic heterocycles. The molecule has 226 valence electrons. The number of nitrogens with one attached hydrogen (secondary N) is 2. The van der Waals surface area contributed by atoms with E-state index < -0.39 is 17.1 Å². The zero-order chi connectivity index (χ0) is 30.2. The second kappa shape index (κ2) is 11.8. The van der Waals surface area contributed by atoms with E-state index in [1.54, 1.807) is 22.9 Å². The molecule has 1 aliphatic carbocycles. The molecule has 3 aromatic rings. The minimum atomic E-state index is -0.576. The lowest BCUT2D eigenvalue weighted by molar-refractivity contribution is -0.120. The van der Waals surface area contributed by atoms with E-state index in [1.165, 1.54) is 17.2 Å². The van der Waals surface area contributed by atoms with Crippen LogP contribution in [-0.2, 0) is 14.9 Å². The quantitative estimate of drug-likeness (QED) is 0.313. The van der Waals surface area contributed by atoms with Crippen LogP contribution in [0.3, 0.4) is 0 Å². The van der Waals surface area contributed by atoms with Crippen molar-refractivity contribution in [2.24, 2.45) is 0 Å². The van der Waals surface area contributed by atoms with E-state index >= 15 is 0 Å². The van der Waals surface area contributed by atoms with Crippen molar-refractivity contribution >= 4 is 35.6 Å². The molecule has 2 aromatic heterocycles. The zero-order valence-corrected chi connectivity index (χ0v) is 25.5. The molecule has 2 fully saturated rings. The summed E-state index contributed by atoms with van der Waals surface area (Å²) in [5.74, 6) is 1.14. The minimum Gasteiger partial charge on any atom is -0.444 e. The van der Waals surface area contributed by atoms with Crippen LogP contribution in [0.15, 0.2) is 59.8 Å². The Kier molecular flexibility index (Phi) is 8.04. The van der Waals surface area contributed by atoms with Crippen LogP contribution in [0.4, 0.5) is 20.8 Å². The predicted molar refractivity (Wildman–Crippen MR) is 165 cm³/mol. The molecule has 2 N–H and O–H groups in total. The summed E-state index contributed by atoms with van der Waals surface area (Å²) in [4.78, 5) is 37.1. The maximum atomic E-state index is 13.4. The first-order valence-corrected chi connectivity index (χ1v) is 15.6. The third-order valence-electron chi connectivity index (χ3n) is 8.00. The standard InChI is InChI=1S/C32H37FN6O3S/c1-31(2,3)42-30(41)34-14-17-39-28-26(32(12-13-32)29(39)40)18-22(19-36-28)21-4-7-25(8-5-21)43-38-15-10-24(11-16-38)37-27-9-6-23(33)20-35-27/h4-9,18-20,24H,10-17H2,1-3H3,(H,34,41)(H,35,37). The first kappa shape index (κ1) is 29.4. The lowest BCUT2D eigenvalue weighted by atomic mass is 9.96. The van der Waals surface area contributed by atoms with Crippen LogP contribution in [0.1, 0.15) is 52.0 Å². The number of aromatic nitrogens is 2. The SMILES string of the molecule is CC(C)(C)OC(=O)NCCN1C(=O)C2(CC2)c2cc(-c3ccc(SN4CCC(Nc5ccc(F)cn5)CC4)cc3)cnc21. The number of carbonyl (C=O) groups excluding carboxylic acids is 2. The highest BCUT2D eigenvalue weighted by Crippen LogP contribution is 2.57. The number of rotatable bonds is 8. The number of piperidine rings is 1. The molecule has 4 heterocycles. The molecule has 0 unspecified atom stereocenters. The summed E-state index contributed by atoms with van der Waals surface area (Å²) in [5.41, 5.74) is 1.98. The van der Waals surface area contributed by atoms with Gasteiger partial charge in [-0.1, -0.05) is 12.1 Å². The Bertz CT molecular complexity index is 1480. The van der Waals surface area contributed by atoms with Crippen LogP contribution in [0.5, 0.6) is 0 Å². The van der Waals surface area contributed by atoms with Crippen LogP contribution < -0.4 is 15.5 Å². The van der Waals surface area contributed by atoms with E-state index in [0.29, 0.717) is 30.8 Å². The molecule has 1 saturated carbocycles. The Labute approximate surface area is 255 Å². The van der Waals surface area contributed by atoms with Gasteiger partial charge in [-0.3, -0.25) is 9.69 Å². The van der Waals surface area contributed by atoms with Gasteiger partial charge in [-0.2, -0.15) is 0 Å². The molecular weight excluding hydrogens is 567 g/mol. The lowest BCUT2D eigenvalue weighted by Gasteiger charge is -2.31. The number of fused-ring (bicyclic) bond motifs is 2. The fraction of sp³-hybridized carbons (Fsp3) is 0.438. The van der Waals surface area contributed by atoms with E-state index in [9.17, 15) is 14.0 Å². The molecule has 3 aliphatic rings. The average molecular weight is 605 g/mol. The van der Waals surface area contributed by atoms with Crippen molar-refractivity contribution in [2.45, 2.75) is 68.4 Å². The van der Waals surface area contributed by atoms with E-state index in [0.717, 1.165) is 55.5 Å². The highest BCUT2D eigenvalue weighted by Gasteiger charge is 2.59. The van der Waals surface area contributed by atoms with Gasteiger partial charge in [0.1, 0.15) is 23.1 Å². The Morgan fingerprint density at radius 1 is 1.07 bits per heavy atom. The smallest absolute Gasteiger partial charge is 0.407 e. The van der Waals surface area contributed by atoms with Crippen LogP contribution in [-0.4, -0.2) is 64.1 Å². The summed E-state index contributed by atoms with van der Waals surface area (Å²) in [6, 6.07) is 14.0. The summed E-state index contributed by atoms with van der Waals surface area (Å²) < 4.78 is 20.8. The predicted octanol–water partition coefficient (Wildman–Crippen LogP) is 5.77. The number of hydrogen-bond acceptors (Lipinski definition) is 8. The molecule has 1 spiro atoms. The number of carbonyl (C=O) groups is 2. The topological polar surface area (TPSA) is 99.7 Å². The Hall–Kier alpha value is -3.70. The second-order valence-corrected chi connectivity index (χ2v) is 13.6. The van der Waals surface area contributed by atoms with E-state index in [1.807, 2.05) is 27.0 Å². The lowest BCUT2D eigenvalue weighted by Crippen LogP contribution is -2.40. The maximum Gasteiger partial charge on any atom is 0.407 e. The molecule has 9 nitrogen and oxygen atoms in total. The zero-order valence-electron chi connectivity index (χ0n) is 24.7. The van der Waals surface area contributed by atoms with Crippen molar-refractivity contribution in [2.75, 3.05) is 36.4 Å². The van der Waals surface area contributed by atoms with Crippen molar-refractivity contribution in [1.82, 2.24) is 19.6 Å². The van der Waals surface area contributed by atoms with E-state index in [4.69, 9.17) is 9.72 Å². The van der Waals surface area contributed by atoms with Crippen LogP contribution in [0, 0.1) is 5.82 Å². The number of amides is 2. The van der Waals surface area contributed by atoms with Crippen molar-refractivity contribution in [3.63, 3.8) is 0 Å². The van der Waals surface area contributed by atoms with Crippen molar-refractivity contribution in [1.29, 1.82) is 0 Å². The second-order valence-electron chi connectivity index (χ2n) is 12.4. The monoisotopic (exact) mass is 604 g/mol. The van der Waals surface area contributed by atoms with E-state index in [-0.39, 0.29) is 11.7 Å². The van der Waals surface area contributed by atoms with Crippen LogP contribution >= 0.6 is 11.9 Å². The number of ether oxygens (including phenoxy) is 1. The fourth-order valence-corrected chi connectivity index (χ4v) is 6.62. The van der Waals surface area contributed by atoms with Crippen molar-refractivity contribution in [3.05, 3.63) is 66.2 Å². The van der Waals surface area contributed by atoms with Crippen molar-refractivity contribution < 1.29 is 18.7 Å². The first-order valence-electron chi connectivity index (χ1n) is 14.8. The third-order valence-corrected chi connectivity index (χ3v) is 9.11. The molecule has 0 atom stereocenters. The van der Waals surface area contributed by atoms with Gasteiger partial charge in [0.25, 0.3) is 0 Å². The molecule has 43 heavy (non-hydrogen) atoms. The number of alkyl carbamates (subject to hydrolysis) is 1. The van der Waals surface area contributed by atoms with Crippen molar-refractivity contribution in [3.8, 4) is 11.1 Å². The van der Waals surface area contributed by atoms with Gasteiger partial charge in [0.05, 0.1) is 11.6 Å². The highest BCUT2D eigenvalue weighted by molar-refractivity contribution is 7.97. The highest BCUT2D eigenvalue weighted by atomic mass is 32.2. The molecular formula is C32H37FN6O3S. The Morgan fingerprint density at radius 2 is 1.81 bits per heavy atom. The Balaban J connectivity index is 1.05. The molecule has 11 heteroatoms. The minimum absolute atomic E-state index is 0.0674. The number of nitrogens with zero attached hydrogens (tertiary/aromatic N) is 4. The van der Waals surface area contributed by atoms with Gasteiger partial charge in [0.2, 0.25) is 5.91 Å².